The van der Waals surface area contributed by atoms with Gasteiger partial charge in [-0.05, 0) is 19.8 Å². The summed E-state index contributed by atoms with van der Waals surface area (Å²) in [4.78, 5) is 0. The maximum absolute atomic E-state index is 9.63. The fourth-order valence-corrected chi connectivity index (χ4v) is 1.93. The zero-order valence-corrected chi connectivity index (χ0v) is 7.58. The summed E-state index contributed by atoms with van der Waals surface area (Å²) in [6, 6.07) is 0. The molecule has 0 saturated carbocycles. The summed E-state index contributed by atoms with van der Waals surface area (Å²) in [5.41, 5.74) is 0. The van der Waals surface area contributed by atoms with Crippen molar-refractivity contribution >= 4 is 0 Å². The third-order valence-corrected chi connectivity index (χ3v) is 2.66. The SMILES string of the molecule is CCC1C(O)[C@H](C)O[C@@H]1CC. The molecular formula is C9H18O2. The fraction of sp³-hybridized carbons (Fsp3) is 1.00. The minimum absolute atomic E-state index is 0.0323. The average Bonchev–Trinajstić information content (AvgIpc) is 2.28. The monoisotopic (exact) mass is 158 g/mol. The van der Waals surface area contributed by atoms with Crippen LogP contribution in [0.2, 0.25) is 0 Å². The van der Waals surface area contributed by atoms with E-state index in [9.17, 15) is 5.11 Å². The Morgan fingerprint density at radius 1 is 1.27 bits per heavy atom. The van der Waals surface area contributed by atoms with E-state index in [2.05, 4.69) is 13.8 Å². The van der Waals surface area contributed by atoms with Crippen LogP contribution in [0.1, 0.15) is 33.6 Å². The Bertz CT molecular complexity index is 125. The molecule has 1 saturated heterocycles. The van der Waals surface area contributed by atoms with E-state index in [-0.39, 0.29) is 18.3 Å². The first-order chi connectivity index (χ1) is 5.20. The van der Waals surface area contributed by atoms with Crippen molar-refractivity contribution in [3.8, 4) is 0 Å². The number of aliphatic hydroxyl groups is 1. The van der Waals surface area contributed by atoms with E-state index < -0.39 is 0 Å². The maximum atomic E-state index is 9.63. The highest BCUT2D eigenvalue weighted by Gasteiger charge is 2.38. The van der Waals surface area contributed by atoms with Gasteiger partial charge < -0.3 is 9.84 Å². The Hall–Kier alpha value is -0.0800. The Morgan fingerprint density at radius 3 is 2.27 bits per heavy atom. The molecule has 0 bridgehead atoms. The Balaban J connectivity index is 2.57. The van der Waals surface area contributed by atoms with Gasteiger partial charge in [-0.3, -0.25) is 0 Å². The van der Waals surface area contributed by atoms with E-state index in [1.807, 2.05) is 6.92 Å². The molecule has 1 fully saturated rings. The van der Waals surface area contributed by atoms with Gasteiger partial charge in [0.1, 0.15) is 0 Å². The second-order valence-electron chi connectivity index (χ2n) is 3.35. The minimum atomic E-state index is -0.245. The second-order valence-corrected chi connectivity index (χ2v) is 3.35. The van der Waals surface area contributed by atoms with Crippen LogP contribution in [-0.4, -0.2) is 23.4 Å². The number of ether oxygens (including phenoxy) is 1. The quantitative estimate of drug-likeness (QED) is 0.661. The lowest BCUT2D eigenvalue weighted by atomic mass is 9.93. The van der Waals surface area contributed by atoms with E-state index in [0.29, 0.717) is 5.92 Å². The van der Waals surface area contributed by atoms with Crippen molar-refractivity contribution < 1.29 is 9.84 Å². The van der Waals surface area contributed by atoms with Crippen molar-refractivity contribution in [3.63, 3.8) is 0 Å². The average molecular weight is 158 g/mol. The lowest BCUT2D eigenvalue weighted by Gasteiger charge is -2.16. The highest BCUT2D eigenvalue weighted by molar-refractivity contribution is 4.86. The third kappa shape index (κ3) is 1.57. The molecular weight excluding hydrogens is 140 g/mol. The van der Waals surface area contributed by atoms with Crippen molar-refractivity contribution in [3.05, 3.63) is 0 Å². The van der Waals surface area contributed by atoms with Crippen LogP contribution in [0.5, 0.6) is 0 Å². The molecule has 0 aromatic heterocycles. The normalized spacial score (nSPS) is 44.7. The third-order valence-electron chi connectivity index (χ3n) is 2.66. The summed E-state index contributed by atoms with van der Waals surface area (Å²) < 4.78 is 5.58. The highest BCUT2D eigenvalue weighted by Crippen LogP contribution is 2.30. The molecule has 0 spiro atoms. The first-order valence-electron chi connectivity index (χ1n) is 4.54. The van der Waals surface area contributed by atoms with Crippen LogP contribution in [-0.2, 0) is 4.74 Å². The van der Waals surface area contributed by atoms with E-state index in [1.165, 1.54) is 0 Å². The molecule has 2 unspecified atom stereocenters. The predicted molar refractivity (Wildman–Crippen MR) is 44.4 cm³/mol. The topological polar surface area (TPSA) is 29.5 Å². The van der Waals surface area contributed by atoms with Gasteiger partial charge in [0.2, 0.25) is 0 Å². The van der Waals surface area contributed by atoms with Crippen LogP contribution in [0.25, 0.3) is 0 Å². The number of hydrogen-bond acceptors (Lipinski definition) is 2. The molecule has 1 N–H and O–H groups in total. The lowest BCUT2D eigenvalue weighted by Crippen LogP contribution is -2.25. The van der Waals surface area contributed by atoms with Crippen LogP contribution in [0.15, 0.2) is 0 Å². The van der Waals surface area contributed by atoms with Gasteiger partial charge in [0.25, 0.3) is 0 Å². The van der Waals surface area contributed by atoms with Crippen molar-refractivity contribution in [1.82, 2.24) is 0 Å². The van der Waals surface area contributed by atoms with Crippen molar-refractivity contribution in [2.24, 2.45) is 5.92 Å². The van der Waals surface area contributed by atoms with Crippen molar-refractivity contribution in [2.45, 2.75) is 51.9 Å². The molecule has 1 aliphatic heterocycles. The van der Waals surface area contributed by atoms with Gasteiger partial charge in [0, 0.05) is 5.92 Å². The smallest absolute Gasteiger partial charge is 0.0851 e. The molecule has 2 heteroatoms. The summed E-state index contributed by atoms with van der Waals surface area (Å²) in [7, 11) is 0. The Morgan fingerprint density at radius 2 is 1.91 bits per heavy atom. The van der Waals surface area contributed by atoms with Gasteiger partial charge in [0.05, 0.1) is 18.3 Å². The second kappa shape index (κ2) is 3.55. The van der Waals surface area contributed by atoms with Crippen molar-refractivity contribution in [2.75, 3.05) is 0 Å². The van der Waals surface area contributed by atoms with Crippen LogP contribution >= 0.6 is 0 Å². The molecule has 0 radical (unpaired) electrons. The van der Waals surface area contributed by atoms with Gasteiger partial charge in [-0.15, -0.1) is 0 Å². The van der Waals surface area contributed by atoms with Crippen LogP contribution in [0.3, 0.4) is 0 Å². The van der Waals surface area contributed by atoms with E-state index in [1.54, 1.807) is 0 Å². The number of aliphatic hydroxyl groups excluding tert-OH is 1. The van der Waals surface area contributed by atoms with Gasteiger partial charge in [0.15, 0.2) is 0 Å². The summed E-state index contributed by atoms with van der Waals surface area (Å²) in [5, 5.41) is 9.63. The minimum Gasteiger partial charge on any atom is -0.390 e. The lowest BCUT2D eigenvalue weighted by molar-refractivity contribution is 0.0208. The fourth-order valence-electron chi connectivity index (χ4n) is 1.93. The maximum Gasteiger partial charge on any atom is 0.0851 e. The molecule has 0 aliphatic carbocycles. The molecule has 1 rings (SSSR count). The molecule has 1 aliphatic rings. The molecule has 1 heterocycles. The number of hydrogen-bond donors (Lipinski definition) is 1. The van der Waals surface area contributed by atoms with E-state index >= 15 is 0 Å². The van der Waals surface area contributed by atoms with E-state index in [0.717, 1.165) is 12.8 Å². The van der Waals surface area contributed by atoms with Gasteiger partial charge >= 0.3 is 0 Å². The Kier molecular flexibility index (Phi) is 2.90. The molecule has 0 amide bonds. The first kappa shape index (κ1) is 9.01. The zero-order chi connectivity index (χ0) is 8.43. The summed E-state index contributed by atoms with van der Waals surface area (Å²) in [6.07, 6.45) is 2.10. The molecule has 0 aromatic rings. The summed E-state index contributed by atoms with van der Waals surface area (Å²) in [6.45, 7) is 6.17. The van der Waals surface area contributed by atoms with Crippen LogP contribution < -0.4 is 0 Å². The molecule has 2 nitrogen and oxygen atoms in total. The first-order valence-corrected chi connectivity index (χ1v) is 4.54. The summed E-state index contributed by atoms with van der Waals surface area (Å²) in [5.74, 6) is 0.356. The molecule has 66 valence electrons. The zero-order valence-electron chi connectivity index (χ0n) is 7.58. The largest absolute Gasteiger partial charge is 0.390 e. The summed E-state index contributed by atoms with van der Waals surface area (Å²) >= 11 is 0. The van der Waals surface area contributed by atoms with Crippen LogP contribution in [0, 0.1) is 5.92 Å². The van der Waals surface area contributed by atoms with Crippen LogP contribution in [0.4, 0.5) is 0 Å². The standard InChI is InChI=1S/C9H18O2/c1-4-7-8(5-2)11-6(3)9(7)10/h6-10H,4-5H2,1-3H3/t6-,7?,8+,9?/m0/s1. The number of rotatable bonds is 2. The molecule has 4 atom stereocenters. The van der Waals surface area contributed by atoms with Gasteiger partial charge in [-0.1, -0.05) is 13.8 Å². The van der Waals surface area contributed by atoms with E-state index in [4.69, 9.17) is 4.74 Å². The van der Waals surface area contributed by atoms with Gasteiger partial charge in [-0.25, -0.2) is 0 Å². The Labute approximate surface area is 68.6 Å². The van der Waals surface area contributed by atoms with Gasteiger partial charge in [-0.2, -0.15) is 0 Å². The molecule has 0 aromatic carbocycles. The highest BCUT2D eigenvalue weighted by atomic mass is 16.5. The van der Waals surface area contributed by atoms with Crippen molar-refractivity contribution in [1.29, 1.82) is 0 Å². The predicted octanol–water partition coefficient (Wildman–Crippen LogP) is 1.57. The molecule has 11 heavy (non-hydrogen) atoms.